The van der Waals surface area contributed by atoms with Gasteiger partial charge >= 0.3 is 6.55 Å². The smallest absolute Gasteiger partial charge is 0.319 e. The molecule has 0 radical (unpaired) electrons. The van der Waals surface area contributed by atoms with Crippen LogP contribution in [0, 0.1) is 0 Å². The molecule has 0 bridgehead atoms. The number of nitrogens with zero attached hydrogens (tertiary/aromatic N) is 3. The lowest BCUT2D eigenvalue weighted by Crippen LogP contribution is -2.38. The molecular formula is C15H17F2N3O2. The van der Waals surface area contributed by atoms with E-state index in [2.05, 4.69) is 4.98 Å². The molecule has 0 fully saturated rings. The van der Waals surface area contributed by atoms with Crippen LogP contribution in [0.5, 0.6) is 11.5 Å². The maximum Gasteiger partial charge on any atom is 0.319 e. The molecule has 7 heteroatoms. The molecule has 1 aromatic heterocycles. The van der Waals surface area contributed by atoms with Crippen molar-refractivity contribution in [3.8, 4) is 11.5 Å². The van der Waals surface area contributed by atoms with Gasteiger partial charge in [0.2, 0.25) is 0 Å². The van der Waals surface area contributed by atoms with E-state index in [9.17, 15) is 8.78 Å². The van der Waals surface area contributed by atoms with Gasteiger partial charge in [-0.15, -0.1) is 0 Å². The molecular weight excluding hydrogens is 292 g/mol. The maximum absolute atomic E-state index is 13.0. The third kappa shape index (κ3) is 2.70. The summed E-state index contributed by atoms with van der Waals surface area (Å²) in [6, 6.07) is 5.49. The van der Waals surface area contributed by atoms with Crippen molar-refractivity contribution in [1.82, 2.24) is 9.55 Å². The lowest BCUT2D eigenvalue weighted by atomic mass is 10.2. The summed E-state index contributed by atoms with van der Waals surface area (Å²) in [5.74, 6) is 1.73. The minimum Gasteiger partial charge on any atom is -0.497 e. The zero-order valence-electron chi connectivity index (χ0n) is 12.4. The van der Waals surface area contributed by atoms with Crippen LogP contribution in [-0.4, -0.2) is 29.3 Å². The standard InChI is InChI=1S/C15H17F2N3O2/c1-10-8-19(9-14-18-5-6-20(14)15(16)17)12-7-11(21-2)3-4-13(12)22-10/h3-7,10,15H,8-9H2,1-2H3/t10-/m0/s1. The Labute approximate surface area is 127 Å². The van der Waals surface area contributed by atoms with Gasteiger partial charge in [0.25, 0.3) is 0 Å². The van der Waals surface area contributed by atoms with E-state index in [0.717, 1.165) is 16.0 Å². The second-order valence-electron chi connectivity index (χ2n) is 5.17. The molecule has 0 spiro atoms. The molecule has 2 heterocycles. The zero-order valence-corrected chi connectivity index (χ0v) is 12.4. The molecule has 5 nitrogen and oxygen atoms in total. The molecule has 3 rings (SSSR count). The van der Waals surface area contributed by atoms with Gasteiger partial charge in [0, 0.05) is 18.5 Å². The van der Waals surface area contributed by atoms with Gasteiger partial charge in [-0.3, -0.25) is 4.57 Å². The van der Waals surface area contributed by atoms with Gasteiger partial charge in [-0.2, -0.15) is 8.78 Å². The predicted octanol–water partition coefficient (Wildman–Crippen LogP) is 3.07. The van der Waals surface area contributed by atoms with Gasteiger partial charge in [-0.25, -0.2) is 4.98 Å². The highest BCUT2D eigenvalue weighted by atomic mass is 19.3. The third-order valence-corrected chi connectivity index (χ3v) is 3.60. The highest BCUT2D eigenvalue weighted by Gasteiger charge is 2.25. The summed E-state index contributed by atoms with van der Waals surface area (Å²) in [6.07, 6.45) is 2.64. The SMILES string of the molecule is COc1ccc2c(c1)N(Cc1nccn1C(F)F)C[C@H](C)O2. The number of rotatable bonds is 4. The Morgan fingerprint density at radius 3 is 3.00 bits per heavy atom. The Bertz CT molecular complexity index is 660. The molecule has 22 heavy (non-hydrogen) atoms. The monoisotopic (exact) mass is 309 g/mol. The molecule has 1 aliphatic rings. The summed E-state index contributed by atoms with van der Waals surface area (Å²) < 4.78 is 37.8. The molecule has 0 amide bonds. The van der Waals surface area contributed by atoms with Crippen LogP contribution in [0.25, 0.3) is 0 Å². The van der Waals surface area contributed by atoms with E-state index >= 15 is 0 Å². The van der Waals surface area contributed by atoms with Gasteiger partial charge in [-0.1, -0.05) is 0 Å². The van der Waals surface area contributed by atoms with E-state index in [-0.39, 0.29) is 12.6 Å². The van der Waals surface area contributed by atoms with Crippen molar-refractivity contribution in [2.24, 2.45) is 0 Å². The summed E-state index contributed by atoms with van der Waals surface area (Å²) in [5, 5.41) is 0. The Morgan fingerprint density at radius 1 is 1.45 bits per heavy atom. The van der Waals surface area contributed by atoms with Crippen molar-refractivity contribution in [2.75, 3.05) is 18.6 Å². The van der Waals surface area contributed by atoms with E-state index in [1.807, 2.05) is 30.0 Å². The number of methoxy groups -OCH3 is 1. The van der Waals surface area contributed by atoms with Crippen LogP contribution >= 0.6 is 0 Å². The van der Waals surface area contributed by atoms with Crippen LogP contribution in [0.4, 0.5) is 14.5 Å². The Morgan fingerprint density at radius 2 is 2.27 bits per heavy atom. The number of imidazole rings is 1. The summed E-state index contributed by atoms with van der Waals surface area (Å²) in [4.78, 5) is 6.02. The number of ether oxygens (including phenoxy) is 2. The van der Waals surface area contributed by atoms with E-state index in [4.69, 9.17) is 9.47 Å². The van der Waals surface area contributed by atoms with E-state index in [0.29, 0.717) is 18.1 Å². The molecule has 0 unspecified atom stereocenters. The van der Waals surface area contributed by atoms with E-state index < -0.39 is 6.55 Å². The summed E-state index contributed by atoms with van der Waals surface area (Å²) >= 11 is 0. The first-order valence-electron chi connectivity index (χ1n) is 6.98. The molecule has 118 valence electrons. The minimum absolute atomic E-state index is 0.0316. The van der Waals surface area contributed by atoms with Crippen molar-refractivity contribution in [3.63, 3.8) is 0 Å². The van der Waals surface area contributed by atoms with Crippen molar-refractivity contribution in [1.29, 1.82) is 0 Å². The number of hydrogen-bond acceptors (Lipinski definition) is 4. The van der Waals surface area contributed by atoms with Crippen LogP contribution < -0.4 is 14.4 Å². The lowest BCUT2D eigenvalue weighted by Gasteiger charge is -2.35. The number of anilines is 1. The Hall–Kier alpha value is -2.31. The molecule has 0 N–H and O–H groups in total. The number of benzene rings is 1. The fourth-order valence-corrected chi connectivity index (χ4v) is 2.60. The van der Waals surface area contributed by atoms with E-state index in [1.54, 1.807) is 7.11 Å². The first-order chi connectivity index (χ1) is 10.6. The second kappa shape index (κ2) is 5.82. The Kier molecular flexibility index (Phi) is 3.87. The average molecular weight is 309 g/mol. The van der Waals surface area contributed by atoms with Gasteiger partial charge in [-0.05, 0) is 19.1 Å². The van der Waals surface area contributed by atoms with Crippen LogP contribution in [-0.2, 0) is 6.54 Å². The molecule has 2 aromatic rings. The lowest BCUT2D eigenvalue weighted by molar-refractivity contribution is 0.0668. The van der Waals surface area contributed by atoms with Crippen molar-refractivity contribution in [3.05, 3.63) is 36.4 Å². The first kappa shape index (κ1) is 14.6. The topological polar surface area (TPSA) is 39.5 Å². The quantitative estimate of drug-likeness (QED) is 0.870. The van der Waals surface area contributed by atoms with Crippen molar-refractivity contribution >= 4 is 5.69 Å². The fourth-order valence-electron chi connectivity index (χ4n) is 2.60. The second-order valence-corrected chi connectivity index (χ2v) is 5.17. The molecule has 1 aromatic carbocycles. The van der Waals surface area contributed by atoms with E-state index in [1.165, 1.54) is 12.4 Å². The summed E-state index contributed by atoms with van der Waals surface area (Å²) in [6.45, 7) is 0.224. The first-order valence-corrected chi connectivity index (χ1v) is 6.98. The normalized spacial score (nSPS) is 17.3. The zero-order chi connectivity index (χ0) is 15.7. The van der Waals surface area contributed by atoms with Crippen LogP contribution in [0.1, 0.15) is 19.3 Å². The van der Waals surface area contributed by atoms with Crippen LogP contribution in [0.2, 0.25) is 0 Å². The highest BCUT2D eigenvalue weighted by Crippen LogP contribution is 2.37. The molecule has 0 aliphatic carbocycles. The van der Waals surface area contributed by atoms with Crippen molar-refractivity contribution in [2.45, 2.75) is 26.1 Å². The number of fused-ring (bicyclic) bond motifs is 1. The summed E-state index contributed by atoms with van der Waals surface area (Å²) in [7, 11) is 1.59. The third-order valence-electron chi connectivity index (χ3n) is 3.60. The average Bonchev–Trinajstić information content (AvgIpc) is 2.95. The predicted molar refractivity (Wildman–Crippen MR) is 77.6 cm³/mol. The maximum atomic E-state index is 13.0. The molecule has 1 atom stereocenters. The van der Waals surface area contributed by atoms with Crippen LogP contribution in [0.15, 0.2) is 30.6 Å². The molecule has 1 aliphatic heterocycles. The van der Waals surface area contributed by atoms with Crippen LogP contribution in [0.3, 0.4) is 0 Å². The van der Waals surface area contributed by atoms with Gasteiger partial charge in [0.1, 0.15) is 23.4 Å². The minimum atomic E-state index is -2.60. The fraction of sp³-hybridized carbons (Fsp3) is 0.400. The number of alkyl halides is 2. The van der Waals surface area contributed by atoms with Crippen molar-refractivity contribution < 1.29 is 18.3 Å². The summed E-state index contributed by atoms with van der Waals surface area (Å²) in [5.41, 5.74) is 0.821. The van der Waals surface area contributed by atoms with Gasteiger partial charge < -0.3 is 14.4 Å². The number of halogens is 2. The van der Waals surface area contributed by atoms with Gasteiger partial charge in [0.15, 0.2) is 0 Å². The van der Waals surface area contributed by atoms with Gasteiger partial charge in [0.05, 0.1) is 25.9 Å². The molecule has 0 saturated carbocycles. The number of hydrogen-bond donors (Lipinski definition) is 0. The highest BCUT2D eigenvalue weighted by molar-refractivity contribution is 5.63. The number of aromatic nitrogens is 2. The largest absolute Gasteiger partial charge is 0.497 e. The Balaban J connectivity index is 1.92. The molecule has 0 saturated heterocycles.